The number of hydrogen-bond donors (Lipinski definition) is 3. The van der Waals surface area contributed by atoms with Gasteiger partial charge in [-0.3, -0.25) is 10.1 Å². The lowest BCUT2D eigenvalue weighted by atomic mass is 10.1. The summed E-state index contributed by atoms with van der Waals surface area (Å²) in [5, 5.41) is 19.4. The Labute approximate surface area is 119 Å². The molecular formula is C11H15N7OS. The van der Waals surface area contributed by atoms with Crippen LogP contribution < -0.4 is 16.6 Å². The lowest BCUT2D eigenvalue weighted by Gasteiger charge is -2.01. The van der Waals surface area contributed by atoms with E-state index in [-0.39, 0.29) is 11.6 Å². The van der Waals surface area contributed by atoms with Gasteiger partial charge in [-0.2, -0.15) is 0 Å². The van der Waals surface area contributed by atoms with Crippen molar-refractivity contribution >= 4 is 28.2 Å². The average molecular weight is 293 g/mol. The van der Waals surface area contributed by atoms with Gasteiger partial charge in [-0.15, -0.1) is 20.4 Å². The predicted octanol–water partition coefficient (Wildman–Crippen LogP) is 1.06. The molecule has 1 amide bonds. The first-order valence-corrected chi connectivity index (χ1v) is 6.84. The number of hydrazine groups is 1. The Morgan fingerprint density at radius 2 is 2.10 bits per heavy atom. The van der Waals surface area contributed by atoms with Crippen molar-refractivity contribution in [3.05, 3.63) is 22.8 Å². The lowest BCUT2D eigenvalue weighted by Crippen LogP contribution is -2.15. The minimum atomic E-state index is -0.381. The largest absolute Gasteiger partial charge is 0.307 e. The van der Waals surface area contributed by atoms with Crippen molar-refractivity contribution in [1.82, 2.24) is 20.4 Å². The molecule has 20 heavy (non-hydrogen) atoms. The van der Waals surface area contributed by atoms with E-state index in [1.807, 2.05) is 0 Å². The molecule has 0 radical (unpaired) electrons. The Morgan fingerprint density at radius 1 is 1.30 bits per heavy atom. The van der Waals surface area contributed by atoms with Gasteiger partial charge in [0.05, 0.1) is 0 Å². The van der Waals surface area contributed by atoms with E-state index in [2.05, 4.69) is 45.0 Å². The van der Waals surface area contributed by atoms with Crippen LogP contribution in [0.2, 0.25) is 0 Å². The highest BCUT2D eigenvalue weighted by Crippen LogP contribution is 2.18. The standard InChI is InChI=1S/C11H15N7OS/c1-6(2)5-9-17-18-11(20-9)13-10(19)7-3-4-8(14-12)16-15-7/h3-4,6H,5,12H2,1-2H3,(H,14,16)(H,13,18,19). The lowest BCUT2D eigenvalue weighted by molar-refractivity contribution is 0.102. The minimum absolute atomic E-state index is 0.185. The monoisotopic (exact) mass is 293 g/mol. The summed E-state index contributed by atoms with van der Waals surface area (Å²) in [6.45, 7) is 4.20. The van der Waals surface area contributed by atoms with Crippen molar-refractivity contribution in [1.29, 1.82) is 0 Å². The van der Waals surface area contributed by atoms with Crippen molar-refractivity contribution in [3.8, 4) is 0 Å². The van der Waals surface area contributed by atoms with Gasteiger partial charge >= 0.3 is 0 Å². The van der Waals surface area contributed by atoms with E-state index in [0.717, 1.165) is 11.4 Å². The summed E-state index contributed by atoms with van der Waals surface area (Å²) < 4.78 is 0. The average Bonchev–Trinajstić information content (AvgIpc) is 2.85. The Bertz CT molecular complexity index is 581. The van der Waals surface area contributed by atoms with Gasteiger partial charge in [-0.05, 0) is 18.1 Å². The topological polar surface area (TPSA) is 119 Å². The number of nitrogens with zero attached hydrogens (tertiary/aromatic N) is 4. The highest BCUT2D eigenvalue weighted by atomic mass is 32.1. The number of hydrogen-bond acceptors (Lipinski definition) is 8. The number of nitrogens with two attached hydrogens (primary N) is 1. The van der Waals surface area contributed by atoms with Crippen LogP contribution in [0.15, 0.2) is 12.1 Å². The zero-order valence-corrected chi connectivity index (χ0v) is 11.9. The summed E-state index contributed by atoms with van der Waals surface area (Å²) in [4.78, 5) is 11.9. The molecule has 0 atom stereocenters. The van der Waals surface area contributed by atoms with E-state index in [0.29, 0.717) is 16.9 Å². The highest BCUT2D eigenvalue weighted by Gasteiger charge is 2.12. The molecule has 0 saturated carbocycles. The second-order valence-electron chi connectivity index (χ2n) is 4.50. The molecule has 0 saturated heterocycles. The number of nitrogen functional groups attached to an aromatic ring is 1. The summed E-state index contributed by atoms with van der Waals surface area (Å²) in [5.41, 5.74) is 2.52. The molecule has 106 valence electrons. The van der Waals surface area contributed by atoms with Crippen LogP contribution in [-0.2, 0) is 6.42 Å². The second-order valence-corrected chi connectivity index (χ2v) is 5.56. The molecule has 0 aliphatic carbocycles. The van der Waals surface area contributed by atoms with Crippen LogP contribution in [0.3, 0.4) is 0 Å². The summed E-state index contributed by atoms with van der Waals surface area (Å²) >= 11 is 1.36. The SMILES string of the molecule is CC(C)Cc1nnc(NC(=O)c2ccc(NN)nn2)s1. The quantitative estimate of drug-likeness (QED) is 0.557. The number of carbonyl (C=O) groups excluding carboxylic acids is 1. The first-order chi connectivity index (χ1) is 9.58. The van der Waals surface area contributed by atoms with Crippen molar-refractivity contribution in [3.63, 3.8) is 0 Å². The molecule has 0 bridgehead atoms. The fourth-order valence-corrected chi connectivity index (χ4v) is 2.37. The normalized spacial score (nSPS) is 10.6. The van der Waals surface area contributed by atoms with E-state index in [9.17, 15) is 4.79 Å². The van der Waals surface area contributed by atoms with Crippen LogP contribution in [0.4, 0.5) is 10.9 Å². The minimum Gasteiger partial charge on any atom is -0.307 e. The van der Waals surface area contributed by atoms with Gasteiger partial charge in [-0.1, -0.05) is 25.2 Å². The maximum atomic E-state index is 11.9. The van der Waals surface area contributed by atoms with Gasteiger partial charge in [0, 0.05) is 6.42 Å². The molecule has 9 heteroatoms. The van der Waals surface area contributed by atoms with E-state index in [1.165, 1.54) is 17.4 Å². The van der Waals surface area contributed by atoms with Gasteiger partial charge in [-0.25, -0.2) is 5.84 Å². The smallest absolute Gasteiger partial charge is 0.278 e. The van der Waals surface area contributed by atoms with Crippen LogP contribution in [0.1, 0.15) is 29.3 Å². The molecular weight excluding hydrogens is 278 g/mol. The van der Waals surface area contributed by atoms with Crippen LogP contribution in [0, 0.1) is 5.92 Å². The van der Waals surface area contributed by atoms with Crippen molar-refractivity contribution in [2.75, 3.05) is 10.7 Å². The van der Waals surface area contributed by atoms with Gasteiger partial charge in [0.1, 0.15) is 5.01 Å². The summed E-state index contributed by atoms with van der Waals surface area (Å²) in [6.07, 6.45) is 0.838. The third kappa shape index (κ3) is 3.68. The highest BCUT2D eigenvalue weighted by molar-refractivity contribution is 7.15. The molecule has 2 heterocycles. The van der Waals surface area contributed by atoms with Crippen molar-refractivity contribution < 1.29 is 4.79 Å². The Kier molecular flexibility index (Phi) is 4.53. The van der Waals surface area contributed by atoms with E-state index in [1.54, 1.807) is 6.07 Å². The first-order valence-electron chi connectivity index (χ1n) is 6.02. The summed E-state index contributed by atoms with van der Waals surface area (Å²) in [7, 11) is 0. The fraction of sp³-hybridized carbons (Fsp3) is 0.364. The number of amides is 1. The van der Waals surface area contributed by atoms with Crippen molar-refractivity contribution in [2.24, 2.45) is 11.8 Å². The second kappa shape index (κ2) is 6.35. The summed E-state index contributed by atoms with van der Waals surface area (Å²) in [5.74, 6) is 5.67. The molecule has 2 aromatic heterocycles. The number of aromatic nitrogens is 4. The molecule has 0 aromatic carbocycles. The zero-order valence-electron chi connectivity index (χ0n) is 11.1. The van der Waals surface area contributed by atoms with Crippen molar-refractivity contribution in [2.45, 2.75) is 20.3 Å². The molecule has 2 aromatic rings. The van der Waals surface area contributed by atoms with E-state index in [4.69, 9.17) is 5.84 Å². The van der Waals surface area contributed by atoms with Crippen LogP contribution in [0.5, 0.6) is 0 Å². The number of anilines is 2. The van der Waals surface area contributed by atoms with Crippen LogP contribution >= 0.6 is 11.3 Å². The first kappa shape index (κ1) is 14.3. The molecule has 0 unspecified atom stereocenters. The van der Waals surface area contributed by atoms with Crippen LogP contribution in [-0.4, -0.2) is 26.3 Å². The van der Waals surface area contributed by atoms with Gasteiger partial charge in [0.15, 0.2) is 11.5 Å². The Hall–Kier alpha value is -2.13. The molecule has 0 spiro atoms. The molecule has 2 rings (SSSR count). The van der Waals surface area contributed by atoms with E-state index >= 15 is 0 Å². The summed E-state index contributed by atoms with van der Waals surface area (Å²) in [6, 6.07) is 3.08. The van der Waals surface area contributed by atoms with Gasteiger partial charge < -0.3 is 5.43 Å². The molecule has 0 fully saturated rings. The van der Waals surface area contributed by atoms with Gasteiger partial charge in [0.25, 0.3) is 5.91 Å². The molecule has 0 aliphatic rings. The zero-order chi connectivity index (χ0) is 14.5. The fourth-order valence-electron chi connectivity index (χ4n) is 1.43. The molecule has 0 aliphatic heterocycles. The van der Waals surface area contributed by atoms with E-state index < -0.39 is 0 Å². The molecule has 4 N–H and O–H groups in total. The third-order valence-electron chi connectivity index (χ3n) is 2.32. The predicted molar refractivity (Wildman–Crippen MR) is 76.2 cm³/mol. The number of nitrogens with one attached hydrogen (secondary N) is 2. The maximum Gasteiger partial charge on any atom is 0.278 e. The number of carbonyl (C=O) groups is 1. The number of rotatable bonds is 5. The third-order valence-corrected chi connectivity index (χ3v) is 3.18. The van der Waals surface area contributed by atoms with Gasteiger partial charge in [0.2, 0.25) is 5.13 Å². The Morgan fingerprint density at radius 3 is 2.70 bits per heavy atom. The van der Waals surface area contributed by atoms with Crippen LogP contribution in [0.25, 0.3) is 0 Å². The Balaban J connectivity index is 2.01. The molecule has 8 nitrogen and oxygen atoms in total. The maximum absolute atomic E-state index is 11.9.